The molecular formula is C18H21F3N4O4. The van der Waals surface area contributed by atoms with E-state index in [1.165, 1.54) is 0 Å². The molecule has 1 amide bonds. The summed E-state index contributed by atoms with van der Waals surface area (Å²) >= 11 is 0. The van der Waals surface area contributed by atoms with Gasteiger partial charge in [0.25, 0.3) is 0 Å². The van der Waals surface area contributed by atoms with Crippen molar-refractivity contribution in [3.8, 4) is 0 Å². The summed E-state index contributed by atoms with van der Waals surface area (Å²) in [6.45, 7) is 0.589. The minimum absolute atomic E-state index is 0.0808. The number of halogens is 3. The fourth-order valence-electron chi connectivity index (χ4n) is 2.91. The number of anilines is 1. The van der Waals surface area contributed by atoms with Crippen LogP contribution in [0.2, 0.25) is 0 Å². The largest absolute Gasteiger partial charge is 0.491 e. The van der Waals surface area contributed by atoms with Gasteiger partial charge in [0.15, 0.2) is 5.96 Å². The van der Waals surface area contributed by atoms with Gasteiger partial charge in [-0.15, -0.1) is 0 Å². The molecule has 29 heavy (non-hydrogen) atoms. The van der Waals surface area contributed by atoms with Crippen LogP contribution in [0.1, 0.15) is 30.4 Å². The standard InChI is InChI=1S/C18H21F3N4O4/c19-18(20,21)16(28)29-14(26)9-12-8-11-5-4-10(7-13(11)25-15(12)27)3-1-2-6-24-17(22)23/h4-5,7,12H,1-3,6,8-9H2,(H,25,27)(H4,22,23,24). The highest BCUT2D eigenvalue weighted by Gasteiger charge is 2.43. The molecule has 1 aliphatic rings. The Hall–Kier alpha value is -3.11. The zero-order chi connectivity index (χ0) is 21.6. The van der Waals surface area contributed by atoms with Gasteiger partial charge in [-0.05, 0) is 42.9 Å². The van der Waals surface area contributed by atoms with Gasteiger partial charge in [-0.2, -0.15) is 13.2 Å². The summed E-state index contributed by atoms with van der Waals surface area (Å²) in [7, 11) is 0. The molecule has 5 N–H and O–H groups in total. The predicted molar refractivity (Wildman–Crippen MR) is 96.9 cm³/mol. The zero-order valence-electron chi connectivity index (χ0n) is 15.4. The molecule has 0 fully saturated rings. The molecule has 0 saturated carbocycles. The number of carbonyl (C=O) groups is 3. The smallest absolute Gasteiger partial charge is 0.386 e. The lowest BCUT2D eigenvalue weighted by Gasteiger charge is -2.24. The first-order chi connectivity index (χ1) is 13.6. The van der Waals surface area contributed by atoms with Crippen molar-refractivity contribution in [1.29, 1.82) is 5.41 Å². The molecule has 0 spiro atoms. The number of ether oxygens (including phenoxy) is 1. The van der Waals surface area contributed by atoms with Crippen molar-refractivity contribution < 1.29 is 32.3 Å². The molecule has 0 radical (unpaired) electrons. The number of amides is 1. The van der Waals surface area contributed by atoms with E-state index in [4.69, 9.17) is 11.1 Å². The number of esters is 2. The second-order valence-corrected chi connectivity index (χ2v) is 6.64. The minimum atomic E-state index is -5.27. The lowest BCUT2D eigenvalue weighted by Crippen LogP contribution is -2.34. The monoisotopic (exact) mass is 414 g/mol. The molecule has 0 bridgehead atoms. The van der Waals surface area contributed by atoms with Crippen LogP contribution in [-0.4, -0.2) is 36.5 Å². The van der Waals surface area contributed by atoms with Crippen molar-refractivity contribution in [1.82, 2.24) is 5.32 Å². The molecule has 1 aromatic carbocycles. The lowest BCUT2D eigenvalue weighted by atomic mass is 9.89. The summed E-state index contributed by atoms with van der Waals surface area (Å²) in [6.07, 6.45) is -3.34. The summed E-state index contributed by atoms with van der Waals surface area (Å²) in [5.41, 5.74) is 7.51. The highest BCUT2D eigenvalue weighted by atomic mass is 19.4. The normalized spacial score (nSPS) is 15.8. The van der Waals surface area contributed by atoms with Crippen LogP contribution in [0.5, 0.6) is 0 Å². The highest BCUT2D eigenvalue weighted by molar-refractivity contribution is 5.98. The van der Waals surface area contributed by atoms with Crippen LogP contribution in [0, 0.1) is 11.3 Å². The predicted octanol–water partition coefficient (Wildman–Crippen LogP) is 1.63. The van der Waals surface area contributed by atoms with E-state index in [2.05, 4.69) is 15.4 Å². The van der Waals surface area contributed by atoms with Gasteiger partial charge < -0.3 is 21.1 Å². The number of aryl methyl sites for hydroxylation is 1. The molecule has 1 heterocycles. The molecule has 1 aromatic rings. The quantitative estimate of drug-likeness (QED) is 0.176. The third kappa shape index (κ3) is 6.77. The van der Waals surface area contributed by atoms with Gasteiger partial charge in [0.2, 0.25) is 5.91 Å². The number of carbonyl (C=O) groups excluding carboxylic acids is 3. The second kappa shape index (κ2) is 9.39. The number of rotatable bonds is 7. The van der Waals surface area contributed by atoms with E-state index in [1.807, 2.05) is 12.1 Å². The molecule has 0 saturated heterocycles. The van der Waals surface area contributed by atoms with Crippen LogP contribution in [0.15, 0.2) is 18.2 Å². The Morgan fingerprint density at radius 3 is 2.69 bits per heavy atom. The molecule has 1 atom stereocenters. The molecule has 2 rings (SSSR count). The average Bonchev–Trinajstić information content (AvgIpc) is 2.61. The first-order valence-electron chi connectivity index (χ1n) is 8.88. The van der Waals surface area contributed by atoms with Crippen molar-refractivity contribution >= 4 is 29.5 Å². The minimum Gasteiger partial charge on any atom is -0.386 e. The molecule has 0 aromatic heterocycles. The topological polar surface area (TPSA) is 134 Å². The number of hydrogen-bond acceptors (Lipinski definition) is 5. The van der Waals surface area contributed by atoms with Crippen LogP contribution in [0.4, 0.5) is 18.9 Å². The van der Waals surface area contributed by atoms with E-state index in [0.717, 1.165) is 30.4 Å². The van der Waals surface area contributed by atoms with Gasteiger partial charge in [-0.3, -0.25) is 15.0 Å². The maximum absolute atomic E-state index is 12.2. The van der Waals surface area contributed by atoms with E-state index in [-0.39, 0.29) is 12.4 Å². The van der Waals surface area contributed by atoms with Crippen LogP contribution in [0.3, 0.4) is 0 Å². The zero-order valence-corrected chi connectivity index (χ0v) is 15.4. The Kier molecular flexibility index (Phi) is 7.18. The fourth-order valence-corrected chi connectivity index (χ4v) is 2.91. The van der Waals surface area contributed by atoms with Crippen LogP contribution >= 0.6 is 0 Å². The number of nitrogens with two attached hydrogens (primary N) is 1. The van der Waals surface area contributed by atoms with Crippen LogP contribution < -0.4 is 16.4 Å². The maximum atomic E-state index is 12.2. The number of hydrogen-bond donors (Lipinski definition) is 4. The molecule has 158 valence electrons. The maximum Gasteiger partial charge on any atom is 0.491 e. The van der Waals surface area contributed by atoms with Gasteiger partial charge in [-0.1, -0.05) is 12.1 Å². The summed E-state index contributed by atoms with van der Waals surface area (Å²) in [4.78, 5) is 34.4. The Morgan fingerprint density at radius 2 is 2.03 bits per heavy atom. The Balaban J connectivity index is 1.89. The van der Waals surface area contributed by atoms with Gasteiger partial charge in [0, 0.05) is 12.2 Å². The van der Waals surface area contributed by atoms with Crippen molar-refractivity contribution in [2.75, 3.05) is 11.9 Å². The number of alkyl halides is 3. The number of nitrogens with one attached hydrogen (secondary N) is 3. The molecule has 1 unspecified atom stereocenters. The van der Waals surface area contributed by atoms with Gasteiger partial charge >= 0.3 is 18.1 Å². The van der Waals surface area contributed by atoms with E-state index in [9.17, 15) is 27.6 Å². The van der Waals surface area contributed by atoms with Gasteiger partial charge in [-0.25, -0.2) is 4.79 Å². The van der Waals surface area contributed by atoms with Crippen molar-refractivity contribution in [3.63, 3.8) is 0 Å². The Morgan fingerprint density at radius 1 is 1.31 bits per heavy atom. The summed E-state index contributed by atoms with van der Waals surface area (Å²) in [5, 5.41) is 12.4. The van der Waals surface area contributed by atoms with E-state index in [1.54, 1.807) is 6.07 Å². The van der Waals surface area contributed by atoms with E-state index < -0.39 is 36.4 Å². The third-order valence-corrected chi connectivity index (χ3v) is 4.33. The second-order valence-electron chi connectivity index (χ2n) is 6.64. The van der Waals surface area contributed by atoms with Crippen molar-refractivity contribution in [2.45, 2.75) is 38.3 Å². The fraction of sp³-hybridized carbons (Fsp3) is 0.444. The summed E-state index contributed by atoms with van der Waals surface area (Å²) in [5.74, 6) is -5.51. The van der Waals surface area contributed by atoms with Gasteiger partial charge in [0.1, 0.15) is 0 Å². The molecule has 8 nitrogen and oxygen atoms in total. The molecule has 1 aliphatic heterocycles. The van der Waals surface area contributed by atoms with Crippen molar-refractivity contribution in [2.24, 2.45) is 11.7 Å². The molecule has 11 heteroatoms. The van der Waals surface area contributed by atoms with Crippen LogP contribution in [-0.2, 0) is 32.0 Å². The number of guanidine groups is 1. The molecule has 0 aliphatic carbocycles. The van der Waals surface area contributed by atoms with E-state index in [0.29, 0.717) is 12.2 Å². The first kappa shape index (κ1) is 22.2. The highest BCUT2D eigenvalue weighted by Crippen LogP contribution is 2.29. The number of fused-ring (bicyclic) bond motifs is 1. The Bertz CT molecular complexity index is 811. The van der Waals surface area contributed by atoms with Crippen LogP contribution in [0.25, 0.3) is 0 Å². The Labute approximate surface area is 164 Å². The van der Waals surface area contributed by atoms with Crippen molar-refractivity contribution in [3.05, 3.63) is 29.3 Å². The summed E-state index contributed by atoms with van der Waals surface area (Å²) in [6, 6.07) is 5.47. The number of benzene rings is 1. The lowest BCUT2D eigenvalue weighted by molar-refractivity contribution is -0.202. The average molecular weight is 414 g/mol. The summed E-state index contributed by atoms with van der Waals surface area (Å²) < 4.78 is 40.2. The molecular weight excluding hydrogens is 393 g/mol. The van der Waals surface area contributed by atoms with E-state index >= 15 is 0 Å². The van der Waals surface area contributed by atoms with Gasteiger partial charge in [0.05, 0.1) is 12.3 Å². The number of unbranched alkanes of at least 4 members (excludes halogenated alkanes) is 1. The first-order valence-corrected chi connectivity index (χ1v) is 8.88. The SMILES string of the molecule is N=C(N)NCCCCc1ccc2c(c1)NC(=O)C(CC(=O)OC(=O)C(F)(F)F)C2. The third-order valence-electron chi connectivity index (χ3n) is 4.33.